The van der Waals surface area contributed by atoms with E-state index in [1.807, 2.05) is 30.3 Å². The second kappa shape index (κ2) is 9.72. The summed E-state index contributed by atoms with van der Waals surface area (Å²) in [6, 6.07) is 9.59. The molecule has 5 nitrogen and oxygen atoms in total. The number of carbonyl (C=O) groups excluding carboxylic acids is 2. The van der Waals surface area contributed by atoms with Gasteiger partial charge in [-0.25, -0.2) is 0 Å². The van der Waals surface area contributed by atoms with Gasteiger partial charge in [0.1, 0.15) is 0 Å². The van der Waals surface area contributed by atoms with Crippen LogP contribution in [0.3, 0.4) is 0 Å². The molecule has 0 atom stereocenters. The van der Waals surface area contributed by atoms with E-state index < -0.39 is 0 Å². The van der Waals surface area contributed by atoms with Crippen LogP contribution in [0, 0.1) is 11.8 Å². The van der Waals surface area contributed by atoms with Crippen molar-refractivity contribution in [1.82, 2.24) is 10.2 Å². The monoisotopic (exact) mass is 357 g/mol. The Labute approximate surface area is 156 Å². The Morgan fingerprint density at radius 3 is 2.35 bits per heavy atom. The Bertz CT molecular complexity index is 576. The third-order valence-corrected chi connectivity index (χ3v) is 5.68. The number of hydrogen-bond donors (Lipinski definition) is 2. The smallest absolute Gasteiger partial charge is 0.234 e. The first-order valence-corrected chi connectivity index (χ1v) is 10.1. The Morgan fingerprint density at radius 2 is 1.65 bits per heavy atom. The number of benzene rings is 1. The molecule has 2 fully saturated rings. The van der Waals surface area contributed by atoms with Crippen LogP contribution in [-0.4, -0.2) is 42.9 Å². The van der Waals surface area contributed by atoms with Gasteiger partial charge >= 0.3 is 0 Å². The van der Waals surface area contributed by atoms with Gasteiger partial charge in [-0.3, -0.25) is 14.5 Å². The molecule has 0 aromatic heterocycles. The van der Waals surface area contributed by atoms with Gasteiger partial charge in [0.2, 0.25) is 11.8 Å². The number of likely N-dealkylation sites (tertiary alicyclic amines) is 1. The number of piperidine rings is 1. The van der Waals surface area contributed by atoms with Gasteiger partial charge in [-0.2, -0.15) is 0 Å². The molecule has 1 aliphatic carbocycles. The van der Waals surface area contributed by atoms with Crippen LogP contribution < -0.4 is 10.6 Å². The minimum atomic E-state index is 0.0387. The standard InChI is InChI=1S/C21H31N3O2/c25-20(22-15-17-7-3-1-4-8-17)16-24-13-11-18(12-14-24)21(26)23-19-9-5-2-6-10-19/h2,5-6,9-10,17-18H,1,3-4,7-8,11-16H2,(H,22,25)(H,23,26). The van der Waals surface area contributed by atoms with E-state index in [0.717, 1.165) is 38.2 Å². The normalized spacial score (nSPS) is 19.8. The van der Waals surface area contributed by atoms with E-state index >= 15 is 0 Å². The van der Waals surface area contributed by atoms with Crippen LogP contribution in [0.5, 0.6) is 0 Å². The van der Waals surface area contributed by atoms with Gasteiger partial charge < -0.3 is 10.6 Å². The van der Waals surface area contributed by atoms with Crippen LogP contribution >= 0.6 is 0 Å². The lowest BCUT2D eigenvalue weighted by molar-refractivity contribution is -0.123. The summed E-state index contributed by atoms with van der Waals surface area (Å²) in [7, 11) is 0. The van der Waals surface area contributed by atoms with Gasteiger partial charge in [-0.05, 0) is 56.8 Å². The minimum Gasteiger partial charge on any atom is -0.355 e. The predicted molar refractivity (Wildman–Crippen MR) is 104 cm³/mol. The van der Waals surface area contributed by atoms with Gasteiger partial charge in [0.25, 0.3) is 0 Å². The molecule has 0 bridgehead atoms. The molecule has 26 heavy (non-hydrogen) atoms. The molecule has 1 heterocycles. The summed E-state index contributed by atoms with van der Waals surface area (Å²) in [4.78, 5) is 26.7. The molecule has 5 heteroatoms. The number of rotatable bonds is 6. The van der Waals surface area contributed by atoms with Crippen molar-refractivity contribution in [2.45, 2.75) is 44.9 Å². The van der Waals surface area contributed by atoms with Crippen molar-refractivity contribution in [3.63, 3.8) is 0 Å². The first-order valence-electron chi connectivity index (χ1n) is 10.1. The number of nitrogens with zero attached hydrogens (tertiary/aromatic N) is 1. The number of nitrogens with one attached hydrogen (secondary N) is 2. The molecule has 2 amide bonds. The highest BCUT2D eigenvalue weighted by Crippen LogP contribution is 2.23. The van der Waals surface area contributed by atoms with Gasteiger partial charge in [-0.15, -0.1) is 0 Å². The molecular formula is C21H31N3O2. The molecule has 2 N–H and O–H groups in total. The van der Waals surface area contributed by atoms with Gasteiger partial charge in [0.05, 0.1) is 6.54 Å². The SMILES string of the molecule is O=C(CN1CCC(C(=O)Nc2ccccc2)CC1)NCC1CCCCC1. The van der Waals surface area contributed by atoms with Crippen LogP contribution in [0.1, 0.15) is 44.9 Å². The Balaban J connectivity index is 1.34. The van der Waals surface area contributed by atoms with Gasteiger partial charge in [0, 0.05) is 18.2 Å². The third-order valence-electron chi connectivity index (χ3n) is 5.68. The van der Waals surface area contributed by atoms with Crippen molar-refractivity contribution >= 4 is 17.5 Å². The Hall–Kier alpha value is -1.88. The Morgan fingerprint density at radius 1 is 0.962 bits per heavy atom. The molecular weight excluding hydrogens is 326 g/mol. The average Bonchev–Trinajstić information content (AvgIpc) is 2.68. The molecule has 1 aromatic rings. The zero-order valence-corrected chi connectivity index (χ0v) is 15.6. The van der Waals surface area contributed by atoms with E-state index in [4.69, 9.17) is 0 Å². The third kappa shape index (κ3) is 5.84. The van der Waals surface area contributed by atoms with Crippen LogP contribution in [0.25, 0.3) is 0 Å². The number of hydrogen-bond acceptors (Lipinski definition) is 3. The maximum Gasteiger partial charge on any atom is 0.234 e. The number of anilines is 1. The summed E-state index contributed by atoms with van der Waals surface area (Å²) < 4.78 is 0. The van der Waals surface area contributed by atoms with Crippen LogP contribution in [0.15, 0.2) is 30.3 Å². The zero-order valence-electron chi connectivity index (χ0n) is 15.6. The minimum absolute atomic E-state index is 0.0387. The number of para-hydroxylation sites is 1. The van der Waals surface area contributed by atoms with Gasteiger partial charge in [0.15, 0.2) is 0 Å². The summed E-state index contributed by atoms with van der Waals surface area (Å²) in [6.07, 6.45) is 8.09. The molecule has 0 radical (unpaired) electrons. The lowest BCUT2D eigenvalue weighted by Gasteiger charge is -2.31. The number of carbonyl (C=O) groups is 2. The molecule has 2 aliphatic rings. The topological polar surface area (TPSA) is 61.4 Å². The van der Waals surface area contributed by atoms with E-state index in [1.165, 1.54) is 32.1 Å². The van der Waals surface area contributed by atoms with E-state index in [-0.39, 0.29) is 17.7 Å². The van der Waals surface area contributed by atoms with Crippen LogP contribution in [-0.2, 0) is 9.59 Å². The van der Waals surface area contributed by atoms with E-state index in [2.05, 4.69) is 15.5 Å². The molecule has 0 unspecified atom stereocenters. The van der Waals surface area contributed by atoms with Crippen molar-refractivity contribution in [2.75, 3.05) is 31.5 Å². The summed E-state index contributed by atoms with van der Waals surface area (Å²) in [5, 5.41) is 6.09. The maximum absolute atomic E-state index is 12.4. The molecule has 1 aliphatic heterocycles. The first-order chi connectivity index (χ1) is 12.7. The molecule has 0 spiro atoms. The second-order valence-corrected chi connectivity index (χ2v) is 7.71. The first kappa shape index (κ1) is 18.9. The van der Waals surface area contributed by atoms with Crippen molar-refractivity contribution in [1.29, 1.82) is 0 Å². The predicted octanol–water partition coefficient (Wildman–Crippen LogP) is 3.03. The highest BCUT2D eigenvalue weighted by molar-refractivity contribution is 5.92. The largest absolute Gasteiger partial charge is 0.355 e. The quantitative estimate of drug-likeness (QED) is 0.823. The molecule has 142 valence electrons. The van der Waals surface area contributed by atoms with Crippen molar-refractivity contribution in [2.24, 2.45) is 11.8 Å². The molecule has 1 aromatic carbocycles. The number of amides is 2. The van der Waals surface area contributed by atoms with E-state index in [1.54, 1.807) is 0 Å². The van der Waals surface area contributed by atoms with E-state index in [0.29, 0.717) is 12.5 Å². The fraction of sp³-hybridized carbons (Fsp3) is 0.619. The maximum atomic E-state index is 12.4. The highest BCUT2D eigenvalue weighted by atomic mass is 16.2. The average molecular weight is 357 g/mol. The summed E-state index contributed by atoms with van der Waals surface area (Å²) in [5.41, 5.74) is 0.849. The molecule has 1 saturated heterocycles. The van der Waals surface area contributed by atoms with E-state index in [9.17, 15) is 9.59 Å². The highest BCUT2D eigenvalue weighted by Gasteiger charge is 2.26. The summed E-state index contributed by atoms with van der Waals surface area (Å²) in [6.45, 7) is 2.90. The van der Waals surface area contributed by atoms with Crippen molar-refractivity contribution in [3.05, 3.63) is 30.3 Å². The second-order valence-electron chi connectivity index (χ2n) is 7.71. The van der Waals surface area contributed by atoms with Crippen molar-refractivity contribution in [3.8, 4) is 0 Å². The zero-order chi connectivity index (χ0) is 18.2. The lowest BCUT2D eigenvalue weighted by Crippen LogP contribution is -2.44. The molecule has 1 saturated carbocycles. The fourth-order valence-corrected chi connectivity index (χ4v) is 4.03. The van der Waals surface area contributed by atoms with Crippen LogP contribution in [0.4, 0.5) is 5.69 Å². The van der Waals surface area contributed by atoms with Crippen molar-refractivity contribution < 1.29 is 9.59 Å². The van der Waals surface area contributed by atoms with Crippen LogP contribution in [0.2, 0.25) is 0 Å². The van der Waals surface area contributed by atoms with Gasteiger partial charge in [-0.1, -0.05) is 37.5 Å². The Kier molecular flexibility index (Phi) is 7.06. The lowest BCUT2D eigenvalue weighted by atomic mass is 9.89. The summed E-state index contributed by atoms with van der Waals surface area (Å²) >= 11 is 0. The summed E-state index contributed by atoms with van der Waals surface area (Å²) in [5.74, 6) is 0.928. The fourth-order valence-electron chi connectivity index (χ4n) is 4.03. The molecule has 3 rings (SSSR count).